The number of hydrogen-bond acceptors (Lipinski definition) is 2. The van der Waals surface area contributed by atoms with Gasteiger partial charge in [-0.2, -0.15) is 0 Å². The van der Waals surface area contributed by atoms with Crippen LogP contribution in [0.3, 0.4) is 0 Å². The maximum atomic E-state index is 12.5. The summed E-state index contributed by atoms with van der Waals surface area (Å²) >= 11 is 12.0. The zero-order valence-corrected chi connectivity index (χ0v) is 14.6. The number of nitrogens with zero attached hydrogens (tertiary/aromatic N) is 1. The highest BCUT2D eigenvalue weighted by atomic mass is 35.5. The summed E-state index contributed by atoms with van der Waals surface area (Å²) in [5, 5.41) is 4.37. The van der Waals surface area contributed by atoms with Crippen LogP contribution in [0.2, 0.25) is 10.0 Å². The summed E-state index contributed by atoms with van der Waals surface area (Å²) in [4.78, 5) is 14.2. The Hall–Kier alpha value is -0.770. The van der Waals surface area contributed by atoms with E-state index < -0.39 is 0 Å². The first-order valence-electron chi connectivity index (χ1n) is 8.08. The summed E-state index contributed by atoms with van der Waals surface area (Å²) in [7, 11) is 0. The fraction of sp³-hybridized carbons (Fsp3) is 0.588. The molecule has 0 bridgehead atoms. The van der Waals surface area contributed by atoms with Crippen molar-refractivity contribution in [3.05, 3.63) is 28.2 Å². The molecule has 1 heterocycles. The lowest BCUT2D eigenvalue weighted by Crippen LogP contribution is -2.31. The third-order valence-corrected chi connectivity index (χ3v) is 5.03. The Bertz CT molecular complexity index is 501. The van der Waals surface area contributed by atoms with E-state index in [0.717, 1.165) is 37.5 Å². The molecule has 0 unspecified atom stereocenters. The molecule has 5 heteroatoms. The number of carbonyl (C=O) groups excluding carboxylic acids is 1. The van der Waals surface area contributed by atoms with Crippen LogP contribution in [-0.2, 0) is 4.79 Å². The molecule has 0 saturated carbocycles. The molecule has 22 heavy (non-hydrogen) atoms. The Kier molecular flexibility index (Phi) is 7.00. The number of halogens is 2. The number of piperidine rings is 1. The molecule has 1 amide bonds. The minimum Gasteiger partial charge on any atom is -0.317 e. The standard InChI is InChI=1S/C17H24Cl2N2O/c1-2-21(14-6-7-15(18)16(19)12-14)17(22)5-3-4-13-8-10-20-11-9-13/h6-7,12-13,20H,2-5,8-11H2,1H3. The van der Waals surface area contributed by atoms with Crippen molar-refractivity contribution in [3.63, 3.8) is 0 Å². The van der Waals surface area contributed by atoms with Gasteiger partial charge in [-0.25, -0.2) is 0 Å². The van der Waals surface area contributed by atoms with Crippen molar-refractivity contribution in [1.82, 2.24) is 5.32 Å². The van der Waals surface area contributed by atoms with Crippen molar-refractivity contribution in [1.29, 1.82) is 0 Å². The van der Waals surface area contributed by atoms with Crippen LogP contribution in [0, 0.1) is 5.92 Å². The van der Waals surface area contributed by atoms with Crippen LogP contribution in [0.15, 0.2) is 18.2 Å². The number of nitrogens with one attached hydrogen (secondary N) is 1. The predicted molar refractivity (Wildman–Crippen MR) is 93.9 cm³/mol. The molecule has 1 aromatic rings. The Morgan fingerprint density at radius 3 is 2.64 bits per heavy atom. The van der Waals surface area contributed by atoms with Crippen molar-refractivity contribution in [2.24, 2.45) is 5.92 Å². The Morgan fingerprint density at radius 2 is 2.00 bits per heavy atom. The lowest BCUT2D eigenvalue weighted by atomic mass is 9.92. The lowest BCUT2D eigenvalue weighted by Gasteiger charge is -2.24. The second-order valence-corrected chi connectivity index (χ2v) is 6.64. The van der Waals surface area contributed by atoms with E-state index in [4.69, 9.17) is 23.2 Å². The highest BCUT2D eigenvalue weighted by Gasteiger charge is 2.17. The van der Waals surface area contributed by atoms with Crippen molar-refractivity contribution in [3.8, 4) is 0 Å². The summed E-state index contributed by atoms with van der Waals surface area (Å²) < 4.78 is 0. The van der Waals surface area contributed by atoms with E-state index >= 15 is 0 Å². The van der Waals surface area contributed by atoms with Crippen LogP contribution in [0.4, 0.5) is 5.69 Å². The Morgan fingerprint density at radius 1 is 1.27 bits per heavy atom. The highest BCUT2D eigenvalue weighted by molar-refractivity contribution is 6.42. The van der Waals surface area contributed by atoms with Crippen molar-refractivity contribution in [2.75, 3.05) is 24.5 Å². The van der Waals surface area contributed by atoms with Gasteiger partial charge >= 0.3 is 0 Å². The summed E-state index contributed by atoms with van der Waals surface area (Å²) in [6.45, 7) is 4.85. The molecule has 3 nitrogen and oxygen atoms in total. The SMILES string of the molecule is CCN(C(=O)CCCC1CCNCC1)c1ccc(Cl)c(Cl)c1. The molecule has 1 fully saturated rings. The van der Waals surface area contributed by atoms with Gasteiger partial charge in [0.1, 0.15) is 0 Å². The van der Waals surface area contributed by atoms with Crippen molar-refractivity contribution >= 4 is 34.8 Å². The largest absolute Gasteiger partial charge is 0.317 e. The lowest BCUT2D eigenvalue weighted by molar-refractivity contribution is -0.118. The number of anilines is 1. The fourth-order valence-electron chi connectivity index (χ4n) is 3.00. The fourth-order valence-corrected chi connectivity index (χ4v) is 3.30. The number of amides is 1. The van der Waals surface area contributed by atoms with E-state index in [1.807, 2.05) is 13.0 Å². The van der Waals surface area contributed by atoms with Gasteiger partial charge in [0.25, 0.3) is 0 Å². The van der Waals surface area contributed by atoms with Crippen LogP contribution in [0.1, 0.15) is 39.0 Å². The van der Waals surface area contributed by atoms with Gasteiger partial charge in [-0.3, -0.25) is 4.79 Å². The molecule has 0 atom stereocenters. The summed E-state index contributed by atoms with van der Waals surface area (Å²) in [6.07, 6.45) is 5.17. The maximum Gasteiger partial charge on any atom is 0.226 e. The monoisotopic (exact) mass is 342 g/mol. The zero-order chi connectivity index (χ0) is 15.9. The minimum atomic E-state index is 0.162. The molecule has 2 rings (SSSR count). The Balaban J connectivity index is 1.86. The highest BCUT2D eigenvalue weighted by Crippen LogP contribution is 2.28. The topological polar surface area (TPSA) is 32.3 Å². The predicted octanol–water partition coefficient (Wildman–Crippen LogP) is 4.52. The van der Waals surface area contributed by atoms with Crippen LogP contribution >= 0.6 is 23.2 Å². The molecule has 1 N–H and O–H groups in total. The molecular formula is C17H24Cl2N2O. The van der Waals surface area contributed by atoms with E-state index in [-0.39, 0.29) is 5.91 Å². The van der Waals surface area contributed by atoms with Gasteiger partial charge in [-0.15, -0.1) is 0 Å². The van der Waals surface area contributed by atoms with Crippen molar-refractivity contribution < 1.29 is 4.79 Å². The molecule has 1 aliphatic heterocycles. The van der Waals surface area contributed by atoms with Crippen LogP contribution in [0.5, 0.6) is 0 Å². The quantitative estimate of drug-likeness (QED) is 0.824. The smallest absolute Gasteiger partial charge is 0.226 e. The zero-order valence-electron chi connectivity index (χ0n) is 13.1. The number of rotatable bonds is 6. The molecular weight excluding hydrogens is 319 g/mol. The average molecular weight is 343 g/mol. The second kappa shape index (κ2) is 8.76. The molecule has 1 aromatic carbocycles. The third-order valence-electron chi connectivity index (χ3n) is 4.29. The Labute approximate surface area is 143 Å². The maximum absolute atomic E-state index is 12.5. The van der Waals surface area contributed by atoms with Crippen LogP contribution in [0.25, 0.3) is 0 Å². The molecule has 1 aliphatic rings. The van der Waals surface area contributed by atoms with Crippen molar-refractivity contribution in [2.45, 2.75) is 39.0 Å². The van der Waals surface area contributed by atoms with E-state index in [1.54, 1.807) is 17.0 Å². The molecule has 0 aliphatic carbocycles. The van der Waals surface area contributed by atoms with E-state index in [0.29, 0.717) is 23.0 Å². The van der Waals surface area contributed by atoms with Gasteiger partial charge in [-0.05, 0) is 69.8 Å². The van der Waals surface area contributed by atoms with Gasteiger partial charge in [0, 0.05) is 18.7 Å². The van der Waals surface area contributed by atoms with Gasteiger partial charge in [0.15, 0.2) is 0 Å². The number of carbonyl (C=O) groups is 1. The van der Waals surface area contributed by atoms with E-state index in [9.17, 15) is 4.79 Å². The summed E-state index contributed by atoms with van der Waals surface area (Å²) in [5.74, 6) is 0.934. The molecule has 0 radical (unpaired) electrons. The number of benzene rings is 1. The summed E-state index contributed by atoms with van der Waals surface area (Å²) in [6, 6.07) is 5.35. The number of hydrogen-bond donors (Lipinski definition) is 1. The van der Waals surface area contributed by atoms with E-state index in [2.05, 4.69) is 5.32 Å². The second-order valence-electron chi connectivity index (χ2n) is 5.82. The van der Waals surface area contributed by atoms with E-state index in [1.165, 1.54) is 12.8 Å². The first-order chi connectivity index (χ1) is 10.6. The molecule has 0 aromatic heterocycles. The first-order valence-corrected chi connectivity index (χ1v) is 8.83. The van der Waals surface area contributed by atoms with Crippen LogP contribution < -0.4 is 10.2 Å². The molecule has 1 saturated heterocycles. The van der Waals surface area contributed by atoms with Gasteiger partial charge in [0.05, 0.1) is 10.0 Å². The molecule has 122 valence electrons. The van der Waals surface area contributed by atoms with Gasteiger partial charge < -0.3 is 10.2 Å². The van der Waals surface area contributed by atoms with Gasteiger partial charge in [-0.1, -0.05) is 23.2 Å². The first kappa shape index (κ1) is 17.6. The average Bonchev–Trinajstić information content (AvgIpc) is 2.52. The van der Waals surface area contributed by atoms with Crippen LogP contribution in [-0.4, -0.2) is 25.5 Å². The normalized spacial score (nSPS) is 15.8. The minimum absolute atomic E-state index is 0.162. The molecule has 0 spiro atoms. The summed E-state index contributed by atoms with van der Waals surface area (Å²) in [5.41, 5.74) is 0.823. The van der Waals surface area contributed by atoms with Gasteiger partial charge in [0.2, 0.25) is 5.91 Å². The third kappa shape index (κ3) is 4.87.